The summed E-state index contributed by atoms with van der Waals surface area (Å²) in [5.41, 5.74) is 2.82. The first kappa shape index (κ1) is 26.1. The fourth-order valence-corrected chi connectivity index (χ4v) is 6.31. The molecule has 0 aliphatic carbocycles. The van der Waals surface area contributed by atoms with Crippen LogP contribution in [-0.4, -0.2) is 28.8 Å². The fourth-order valence-electron chi connectivity index (χ4n) is 4.53. The molecule has 0 atom stereocenters. The van der Waals surface area contributed by atoms with E-state index in [0.717, 1.165) is 0 Å². The zero-order chi connectivity index (χ0) is 26.4. The van der Waals surface area contributed by atoms with E-state index in [1.54, 1.807) is 36.4 Å². The van der Waals surface area contributed by atoms with Crippen LogP contribution in [0.25, 0.3) is 0 Å². The van der Waals surface area contributed by atoms with Gasteiger partial charge in [0.25, 0.3) is 0 Å². The van der Waals surface area contributed by atoms with Crippen LogP contribution in [0.1, 0.15) is 35.1 Å². The molecule has 0 heterocycles. The van der Waals surface area contributed by atoms with Crippen LogP contribution >= 0.6 is 0 Å². The van der Waals surface area contributed by atoms with E-state index in [-0.39, 0.29) is 32.8 Å². The molecule has 0 spiro atoms. The third-order valence-corrected chi connectivity index (χ3v) is 8.40. The number of sulfone groups is 1. The third kappa shape index (κ3) is 6.24. The van der Waals surface area contributed by atoms with Crippen molar-refractivity contribution in [3.8, 4) is 23.0 Å². The largest absolute Gasteiger partial charge is 0.508 e. The van der Waals surface area contributed by atoms with E-state index in [1.165, 1.54) is 24.3 Å². The molecule has 6 nitrogen and oxygen atoms in total. The summed E-state index contributed by atoms with van der Waals surface area (Å²) >= 11 is 0. The van der Waals surface area contributed by atoms with Crippen LogP contribution in [0.5, 0.6) is 23.0 Å². The first-order valence-electron chi connectivity index (χ1n) is 12.2. The first-order valence-corrected chi connectivity index (χ1v) is 13.7. The summed E-state index contributed by atoms with van der Waals surface area (Å²) in [5.74, 6) is 0.0401. The molecule has 7 heteroatoms. The zero-order valence-electron chi connectivity index (χ0n) is 20.3. The summed E-state index contributed by atoms with van der Waals surface area (Å²) < 4.78 is 27.6. The molecule has 0 fully saturated rings. The monoisotopic (exact) mass is 518 g/mol. The molecule has 0 aromatic heterocycles. The minimum absolute atomic E-state index is 0.00350. The Morgan fingerprint density at radius 1 is 0.486 bits per heavy atom. The summed E-state index contributed by atoms with van der Waals surface area (Å²) in [6.07, 6.45) is 3.36. The summed E-state index contributed by atoms with van der Waals surface area (Å²) in [4.78, 5) is 0.544. The Labute approximate surface area is 217 Å². The number of hydrogen-bond donors (Lipinski definition) is 4. The molecule has 4 aromatic carbocycles. The molecule has 0 bridgehead atoms. The van der Waals surface area contributed by atoms with E-state index in [0.29, 0.717) is 60.8 Å². The summed E-state index contributed by atoms with van der Waals surface area (Å²) in [6.45, 7) is 0. The van der Waals surface area contributed by atoms with E-state index in [4.69, 9.17) is 0 Å². The molecule has 4 rings (SSSR count). The lowest BCUT2D eigenvalue weighted by molar-refractivity contribution is 0.444. The lowest BCUT2D eigenvalue weighted by Gasteiger charge is -2.14. The van der Waals surface area contributed by atoms with Gasteiger partial charge in [0.2, 0.25) is 9.84 Å². The van der Waals surface area contributed by atoms with E-state index in [9.17, 15) is 28.8 Å². The Kier molecular flexibility index (Phi) is 8.04. The number of phenolic OH excluding ortho intramolecular Hbond substituents is 4. The standard InChI is InChI=1S/C30H30O6S/c31-25-17-15-21(27(33)19-25)9-5-11-23-7-1-3-13-29(23)37(35,36)30-14-4-2-8-24(30)12-6-10-22-16-18-26(32)20-28(22)34/h1-4,7-8,13-20,31-34H,5-6,9-12H2. The highest BCUT2D eigenvalue weighted by Gasteiger charge is 2.23. The third-order valence-electron chi connectivity index (χ3n) is 6.45. The predicted octanol–water partition coefficient (Wildman–Crippen LogP) is 5.69. The average molecular weight is 519 g/mol. The van der Waals surface area contributed by atoms with Crippen LogP contribution in [0.4, 0.5) is 0 Å². The summed E-state index contributed by atoms with van der Waals surface area (Å²) in [7, 11) is -3.78. The van der Waals surface area contributed by atoms with Crippen LogP contribution in [0.15, 0.2) is 94.7 Å². The van der Waals surface area contributed by atoms with Crippen LogP contribution in [0.2, 0.25) is 0 Å². The van der Waals surface area contributed by atoms with Crippen LogP contribution in [0, 0.1) is 0 Å². The number of aryl methyl sites for hydroxylation is 4. The maximum Gasteiger partial charge on any atom is 0.207 e. The molecule has 37 heavy (non-hydrogen) atoms. The number of hydrogen-bond acceptors (Lipinski definition) is 6. The van der Waals surface area contributed by atoms with Gasteiger partial charge in [-0.2, -0.15) is 0 Å². The Hall–Kier alpha value is -3.97. The molecule has 0 radical (unpaired) electrons. The van der Waals surface area contributed by atoms with Crippen LogP contribution in [-0.2, 0) is 35.5 Å². The van der Waals surface area contributed by atoms with E-state index in [2.05, 4.69) is 0 Å². The van der Waals surface area contributed by atoms with Crippen molar-refractivity contribution in [2.24, 2.45) is 0 Å². The molecule has 4 N–H and O–H groups in total. The minimum atomic E-state index is -3.78. The second kappa shape index (κ2) is 11.4. The van der Waals surface area contributed by atoms with Crippen molar-refractivity contribution in [1.29, 1.82) is 0 Å². The van der Waals surface area contributed by atoms with Gasteiger partial charge < -0.3 is 20.4 Å². The molecule has 0 aliphatic heterocycles. The normalized spacial score (nSPS) is 11.5. The molecule has 0 amide bonds. The SMILES string of the molecule is O=S(=O)(c1ccccc1CCCc1ccc(O)cc1O)c1ccccc1CCCc1ccc(O)cc1O. The minimum Gasteiger partial charge on any atom is -0.508 e. The van der Waals surface area contributed by atoms with Gasteiger partial charge in [-0.15, -0.1) is 0 Å². The maximum atomic E-state index is 13.8. The van der Waals surface area contributed by atoms with Crippen molar-refractivity contribution < 1.29 is 28.8 Å². The lowest BCUT2D eigenvalue weighted by Crippen LogP contribution is -2.09. The highest BCUT2D eigenvalue weighted by molar-refractivity contribution is 7.91. The smallest absolute Gasteiger partial charge is 0.207 e. The van der Waals surface area contributed by atoms with E-state index < -0.39 is 9.84 Å². The molecule has 0 saturated heterocycles. The molecular formula is C30H30O6S. The van der Waals surface area contributed by atoms with Crippen molar-refractivity contribution in [3.63, 3.8) is 0 Å². The summed E-state index contributed by atoms with van der Waals surface area (Å²) in [5, 5.41) is 39.1. The van der Waals surface area contributed by atoms with Gasteiger partial charge >= 0.3 is 0 Å². The molecule has 0 saturated carbocycles. The number of aromatic hydroxyl groups is 4. The van der Waals surface area contributed by atoms with Gasteiger partial charge in [0.1, 0.15) is 23.0 Å². The average Bonchev–Trinajstić information content (AvgIpc) is 2.87. The van der Waals surface area contributed by atoms with Gasteiger partial charge in [0, 0.05) is 12.1 Å². The van der Waals surface area contributed by atoms with Gasteiger partial charge in [0.05, 0.1) is 9.79 Å². The Morgan fingerprint density at radius 2 is 0.865 bits per heavy atom. The Bertz CT molecular complexity index is 1390. The predicted molar refractivity (Wildman–Crippen MR) is 142 cm³/mol. The maximum absolute atomic E-state index is 13.8. The molecule has 0 aliphatic rings. The van der Waals surface area contributed by atoms with Crippen LogP contribution in [0.3, 0.4) is 0 Å². The number of rotatable bonds is 10. The van der Waals surface area contributed by atoms with Crippen molar-refractivity contribution in [3.05, 3.63) is 107 Å². The van der Waals surface area contributed by atoms with E-state index in [1.807, 2.05) is 24.3 Å². The zero-order valence-corrected chi connectivity index (χ0v) is 21.2. The molecule has 4 aromatic rings. The van der Waals surface area contributed by atoms with Crippen molar-refractivity contribution in [2.45, 2.75) is 48.3 Å². The van der Waals surface area contributed by atoms with Crippen molar-refractivity contribution >= 4 is 9.84 Å². The fraction of sp³-hybridized carbons (Fsp3) is 0.200. The van der Waals surface area contributed by atoms with Gasteiger partial charge in [-0.1, -0.05) is 48.5 Å². The van der Waals surface area contributed by atoms with Gasteiger partial charge in [-0.3, -0.25) is 0 Å². The molecule has 0 unspecified atom stereocenters. The highest BCUT2D eigenvalue weighted by Crippen LogP contribution is 2.30. The van der Waals surface area contributed by atoms with Crippen LogP contribution < -0.4 is 0 Å². The topological polar surface area (TPSA) is 115 Å². The number of benzene rings is 4. The Balaban J connectivity index is 1.51. The second-order valence-corrected chi connectivity index (χ2v) is 10.9. The van der Waals surface area contributed by atoms with Gasteiger partial charge in [-0.25, -0.2) is 8.42 Å². The Morgan fingerprint density at radius 3 is 1.27 bits per heavy atom. The van der Waals surface area contributed by atoms with E-state index >= 15 is 0 Å². The lowest BCUT2D eigenvalue weighted by atomic mass is 10.0. The molecule has 192 valence electrons. The van der Waals surface area contributed by atoms with Gasteiger partial charge in [0.15, 0.2) is 0 Å². The highest BCUT2D eigenvalue weighted by atomic mass is 32.2. The van der Waals surface area contributed by atoms with Crippen molar-refractivity contribution in [2.75, 3.05) is 0 Å². The van der Waals surface area contributed by atoms with Gasteiger partial charge in [-0.05, 0) is 85.0 Å². The number of phenols is 4. The summed E-state index contributed by atoms with van der Waals surface area (Å²) in [6, 6.07) is 23.0. The first-order chi connectivity index (χ1) is 17.8. The molecular weight excluding hydrogens is 488 g/mol. The quantitative estimate of drug-likeness (QED) is 0.214. The van der Waals surface area contributed by atoms with Crippen molar-refractivity contribution in [1.82, 2.24) is 0 Å². The second-order valence-electron chi connectivity index (χ2n) is 9.05.